The van der Waals surface area contributed by atoms with Crippen LogP contribution < -0.4 is 0 Å². The van der Waals surface area contributed by atoms with E-state index in [0.717, 1.165) is 11.4 Å². The molecule has 0 aliphatic rings. The Hall–Kier alpha value is -7.70. The van der Waals surface area contributed by atoms with Gasteiger partial charge in [-0.2, -0.15) is 0 Å². The first-order valence-electron chi connectivity index (χ1n) is 21.5. The first kappa shape index (κ1) is 34.0. The van der Waals surface area contributed by atoms with E-state index in [0.29, 0.717) is 0 Å². The standard InChI is InChI=1S/C58H33N3S2/c1-2-14-37-34(12-1)13-11-21-44(37)61-47-26-24-35(59-45-19-7-3-15-38(45)55-49(59)28-30-53-57(55)40-17-5-9-22-51(40)62-53)32-42(47)43-33-36(25-27-48(43)61)60-46-20-8-4-16-39(46)56-50(60)29-31-54-58(56)41-18-6-10-23-52(41)63-54/h1-33H. The molecule has 5 heterocycles. The van der Waals surface area contributed by atoms with Gasteiger partial charge in [-0.3, -0.25) is 0 Å². The summed E-state index contributed by atoms with van der Waals surface area (Å²) < 4.78 is 12.8. The predicted octanol–water partition coefficient (Wildman–Crippen LogP) is 16.9. The fraction of sp³-hybridized carbons (Fsp3) is 0. The molecule has 5 heteroatoms. The van der Waals surface area contributed by atoms with Crippen molar-refractivity contribution in [2.75, 3.05) is 0 Å². The molecule has 0 saturated heterocycles. The van der Waals surface area contributed by atoms with E-state index in [1.165, 1.54) is 122 Å². The molecule has 0 saturated carbocycles. The minimum atomic E-state index is 1.15. The van der Waals surface area contributed by atoms with Gasteiger partial charge in [0.15, 0.2) is 0 Å². The monoisotopic (exact) mass is 835 g/mol. The van der Waals surface area contributed by atoms with Gasteiger partial charge in [-0.25, -0.2) is 0 Å². The maximum atomic E-state index is 2.49. The van der Waals surface area contributed by atoms with Crippen molar-refractivity contribution in [3.8, 4) is 17.1 Å². The lowest BCUT2D eigenvalue weighted by molar-refractivity contribution is 1.17. The molecule has 5 aromatic heterocycles. The summed E-state index contributed by atoms with van der Waals surface area (Å²) in [5.41, 5.74) is 10.7. The number of aromatic nitrogens is 3. The molecule has 0 aliphatic carbocycles. The summed E-state index contributed by atoms with van der Waals surface area (Å²) in [6, 6.07) is 74.6. The van der Waals surface area contributed by atoms with Crippen LogP contribution in [0.5, 0.6) is 0 Å². The number of benzene rings is 10. The molecule has 10 aromatic carbocycles. The van der Waals surface area contributed by atoms with Crippen molar-refractivity contribution in [3.05, 3.63) is 200 Å². The van der Waals surface area contributed by atoms with Crippen LogP contribution in [-0.2, 0) is 0 Å². The quantitative estimate of drug-likeness (QED) is 0.168. The lowest BCUT2D eigenvalue weighted by atomic mass is 10.1. The number of para-hydroxylation sites is 2. The summed E-state index contributed by atoms with van der Waals surface area (Å²) in [5, 5.41) is 15.4. The number of rotatable bonds is 3. The Balaban J connectivity index is 1.05. The molecule has 15 rings (SSSR count). The highest BCUT2D eigenvalue weighted by atomic mass is 32.1. The van der Waals surface area contributed by atoms with Crippen molar-refractivity contribution in [1.82, 2.24) is 13.7 Å². The highest BCUT2D eigenvalue weighted by Crippen LogP contribution is 2.46. The lowest BCUT2D eigenvalue weighted by Gasteiger charge is -2.13. The molecule has 0 N–H and O–H groups in total. The second-order valence-electron chi connectivity index (χ2n) is 16.8. The number of thiophene rings is 2. The maximum absolute atomic E-state index is 2.49. The van der Waals surface area contributed by atoms with Crippen molar-refractivity contribution in [2.45, 2.75) is 0 Å². The van der Waals surface area contributed by atoms with Gasteiger partial charge in [-0.1, -0.05) is 109 Å². The molecule has 0 unspecified atom stereocenters. The second kappa shape index (κ2) is 12.5. The van der Waals surface area contributed by atoms with Crippen LogP contribution >= 0.6 is 22.7 Å². The van der Waals surface area contributed by atoms with Crippen molar-refractivity contribution >= 4 is 139 Å². The molecule has 3 nitrogen and oxygen atoms in total. The summed E-state index contributed by atoms with van der Waals surface area (Å²) >= 11 is 3.77. The SMILES string of the molecule is c1ccc2c(-n3c4ccc(-n5c6ccccc6c6c7c(ccc65)sc5ccccc57)cc4c4cc(-n5c6ccccc6c6c7c(ccc65)sc5ccccc57)ccc43)cccc2c1. The Kier molecular flexibility index (Phi) is 6.71. The minimum absolute atomic E-state index is 1.15. The van der Waals surface area contributed by atoms with Crippen LogP contribution in [0.25, 0.3) is 134 Å². The van der Waals surface area contributed by atoms with Crippen LogP contribution in [0, 0.1) is 0 Å². The van der Waals surface area contributed by atoms with Gasteiger partial charge in [0.25, 0.3) is 0 Å². The van der Waals surface area contributed by atoms with Gasteiger partial charge in [0.2, 0.25) is 0 Å². The average Bonchev–Trinajstić information content (AvgIpc) is 4.14. The molecule has 0 spiro atoms. The molecular formula is C58H33N3S2. The Labute approximate surface area is 368 Å². The van der Waals surface area contributed by atoms with E-state index in [1.54, 1.807) is 0 Å². The van der Waals surface area contributed by atoms with Crippen LogP contribution in [0.15, 0.2) is 200 Å². The normalized spacial score (nSPS) is 12.4. The molecule has 0 radical (unpaired) electrons. The zero-order valence-corrected chi connectivity index (χ0v) is 35.3. The zero-order chi connectivity index (χ0) is 40.9. The largest absolute Gasteiger partial charge is 0.309 e. The molecular weight excluding hydrogens is 803 g/mol. The molecule has 0 aliphatic heterocycles. The molecule has 0 fully saturated rings. The Bertz CT molecular complexity index is 4200. The summed E-state index contributed by atoms with van der Waals surface area (Å²) in [6.45, 7) is 0. The van der Waals surface area contributed by atoms with E-state index >= 15 is 0 Å². The fourth-order valence-electron chi connectivity index (χ4n) is 11.0. The first-order chi connectivity index (χ1) is 31.3. The third kappa shape index (κ3) is 4.52. The fourth-order valence-corrected chi connectivity index (χ4v) is 13.3. The van der Waals surface area contributed by atoms with Crippen molar-refractivity contribution in [3.63, 3.8) is 0 Å². The Morgan fingerprint density at radius 1 is 0.254 bits per heavy atom. The molecule has 0 atom stereocenters. The zero-order valence-electron chi connectivity index (χ0n) is 33.7. The molecule has 15 aromatic rings. The molecule has 63 heavy (non-hydrogen) atoms. The third-order valence-corrected chi connectivity index (χ3v) is 15.9. The minimum Gasteiger partial charge on any atom is -0.309 e. The van der Waals surface area contributed by atoms with E-state index in [1.807, 2.05) is 22.7 Å². The predicted molar refractivity (Wildman–Crippen MR) is 273 cm³/mol. The van der Waals surface area contributed by atoms with Crippen LogP contribution in [0.4, 0.5) is 0 Å². The van der Waals surface area contributed by atoms with Crippen LogP contribution in [0.1, 0.15) is 0 Å². The van der Waals surface area contributed by atoms with E-state index in [9.17, 15) is 0 Å². The number of nitrogens with zero attached hydrogens (tertiary/aromatic N) is 3. The summed E-state index contributed by atoms with van der Waals surface area (Å²) in [4.78, 5) is 0. The number of hydrogen-bond donors (Lipinski definition) is 0. The Morgan fingerprint density at radius 2 is 0.683 bits per heavy atom. The maximum Gasteiger partial charge on any atom is 0.0548 e. The summed E-state index contributed by atoms with van der Waals surface area (Å²) in [7, 11) is 0. The highest BCUT2D eigenvalue weighted by molar-refractivity contribution is 7.26. The van der Waals surface area contributed by atoms with Gasteiger partial charge in [-0.15, -0.1) is 22.7 Å². The van der Waals surface area contributed by atoms with Crippen molar-refractivity contribution < 1.29 is 0 Å². The van der Waals surface area contributed by atoms with Crippen LogP contribution in [0.3, 0.4) is 0 Å². The van der Waals surface area contributed by atoms with Gasteiger partial charge in [0, 0.05) is 89.4 Å². The Morgan fingerprint density at radius 3 is 1.24 bits per heavy atom. The van der Waals surface area contributed by atoms with E-state index in [-0.39, 0.29) is 0 Å². The second-order valence-corrected chi connectivity index (χ2v) is 19.0. The average molecular weight is 836 g/mol. The molecule has 292 valence electrons. The van der Waals surface area contributed by atoms with E-state index < -0.39 is 0 Å². The molecule has 0 amide bonds. The van der Waals surface area contributed by atoms with Gasteiger partial charge < -0.3 is 13.7 Å². The van der Waals surface area contributed by atoms with Crippen molar-refractivity contribution in [1.29, 1.82) is 0 Å². The van der Waals surface area contributed by atoms with Crippen molar-refractivity contribution in [2.24, 2.45) is 0 Å². The highest BCUT2D eigenvalue weighted by Gasteiger charge is 2.22. The number of fused-ring (bicyclic) bond motifs is 18. The summed E-state index contributed by atoms with van der Waals surface area (Å²) in [6.07, 6.45) is 0. The molecule has 0 bridgehead atoms. The third-order valence-electron chi connectivity index (χ3n) is 13.6. The van der Waals surface area contributed by atoms with Crippen LogP contribution in [0.2, 0.25) is 0 Å². The van der Waals surface area contributed by atoms with E-state index in [4.69, 9.17) is 0 Å². The smallest absolute Gasteiger partial charge is 0.0548 e. The number of hydrogen-bond acceptors (Lipinski definition) is 2. The summed E-state index contributed by atoms with van der Waals surface area (Å²) in [5.74, 6) is 0. The first-order valence-corrected chi connectivity index (χ1v) is 23.1. The lowest BCUT2D eigenvalue weighted by Crippen LogP contribution is -1.97. The van der Waals surface area contributed by atoms with Gasteiger partial charge in [0.05, 0.1) is 38.8 Å². The van der Waals surface area contributed by atoms with Gasteiger partial charge >= 0.3 is 0 Å². The van der Waals surface area contributed by atoms with Gasteiger partial charge in [-0.05, 0) is 96.4 Å². The van der Waals surface area contributed by atoms with Gasteiger partial charge in [0.1, 0.15) is 0 Å². The topological polar surface area (TPSA) is 14.8 Å². The van der Waals surface area contributed by atoms with Crippen LogP contribution in [-0.4, -0.2) is 13.7 Å². The van der Waals surface area contributed by atoms with E-state index in [2.05, 4.69) is 214 Å².